The average molecular weight is 468 g/mol. The highest BCUT2D eigenvalue weighted by Gasteiger charge is 2.27. The number of carbonyl (C=O) groups is 2. The predicted octanol–water partition coefficient (Wildman–Crippen LogP) is 5.35. The summed E-state index contributed by atoms with van der Waals surface area (Å²) in [4.78, 5) is 28.2. The van der Waals surface area contributed by atoms with E-state index in [1.807, 2.05) is 57.2 Å². The summed E-state index contributed by atoms with van der Waals surface area (Å²) in [7, 11) is 0. The Labute approximate surface area is 203 Å². The first-order valence-electron chi connectivity index (χ1n) is 12.1. The maximum Gasteiger partial charge on any atom is 0.410 e. The topological polar surface area (TPSA) is 71.1 Å². The molecule has 2 aromatic carbocycles. The van der Waals surface area contributed by atoms with Crippen molar-refractivity contribution in [2.75, 3.05) is 38.1 Å². The highest BCUT2D eigenvalue weighted by Crippen LogP contribution is 2.16. The van der Waals surface area contributed by atoms with Crippen molar-refractivity contribution in [1.82, 2.24) is 9.80 Å². The van der Waals surface area contributed by atoms with Gasteiger partial charge in [-0.3, -0.25) is 0 Å². The van der Waals surface area contributed by atoms with E-state index in [2.05, 4.69) is 24.4 Å². The summed E-state index contributed by atoms with van der Waals surface area (Å²) in [5, 5.41) is 2.95. The molecule has 1 aliphatic heterocycles. The van der Waals surface area contributed by atoms with Crippen LogP contribution in [0, 0.1) is 0 Å². The summed E-state index contributed by atoms with van der Waals surface area (Å²) in [6.07, 6.45) is 2.53. The average Bonchev–Trinajstić information content (AvgIpc) is 2.82. The molecule has 3 rings (SSSR count). The van der Waals surface area contributed by atoms with Crippen molar-refractivity contribution >= 4 is 17.8 Å². The van der Waals surface area contributed by atoms with Crippen LogP contribution in [0.3, 0.4) is 0 Å². The van der Waals surface area contributed by atoms with Gasteiger partial charge in [-0.1, -0.05) is 31.2 Å². The van der Waals surface area contributed by atoms with Crippen LogP contribution in [-0.4, -0.2) is 60.3 Å². The molecule has 34 heavy (non-hydrogen) atoms. The molecule has 0 atom stereocenters. The summed E-state index contributed by atoms with van der Waals surface area (Å²) in [5.74, 6) is 0.905. The molecule has 0 unspecified atom stereocenters. The predicted molar refractivity (Wildman–Crippen MR) is 134 cm³/mol. The number of benzene rings is 2. The fourth-order valence-corrected chi connectivity index (χ4v) is 3.66. The standard InChI is InChI=1S/C27H37N3O4/c1-5-21-10-14-24(15-11-21)33-20-6-7-22-8-12-23(13-9-22)28-25(31)29-16-18-30(19-17-29)26(32)34-27(2,3)4/h8-15H,5-7,16-20H2,1-4H3,(H,28,31). The first kappa shape index (κ1) is 25.4. The van der Waals surface area contributed by atoms with E-state index in [0.29, 0.717) is 32.8 Å². The number of piperazine rings is 1. The van der Waals surface area contributed by atoms with E-state index in [1.54, 1.807) is 9.80 Å². The second-order valence-corrected chi connectivity index (χ2v) is 9.53. The quantitative estimate of drug-likeness (QED) is 0.558. The van der Waals surface area contributed by atoms with Crippen LogP contribution in [0.2, 0.25) is 0 Å². The van der Waals surface area contributed by atoms with E-state index in [4.69, 9.17) is 9.47 Å². The third-order valence-electron chi connectivity index (χ3n) is 5.63. The van der Waals surface area contributed by atoms with Gasteiger partial charge in [-0.05, 0) is 75.4 Å². The minimum absolute atomic E-state index is 0.154. The fraction of sp³-hybridized carbons (Fsp3) is 0.481. The number of hydrogen-bond donors (Lipinski definition) is 1. The van der Waals surface area contributed by atoms with E-state index >= 15 is 0 Å². The zero-order valence-electron chi connectivity index (χ0n) is 20.8. The zero-order chi connectivity index (χ0) is 24.6. The van der Waals surface area contributed by atoms with Crippen molar-refractivity contribution < 1.29 is 19.1 Å². The maximum absolute atomic E-state index is 12.6. The first-order valence-corrected chi connectivity index (χ1v) is 12.1. The smallest absolute Gasteiger partial charge is 0.410 e. The summed E-state index contributed by atoms with van der Waals surface area (Å²) in [5.41, 5.74) is 2.75. The molecule has 0 bridgehead atoms. The Balaban J connectivity index is 1.37. The van der Waals surface area contributed by atoms with Crippen LogP contribution < -0.4 is 10.1 Å². The summed E-state index contributed by atoms with van der Waals surface area (Å²) < 4.78 is 11.2. The Morgan fingerprint density at radius 2 is 1.47 bits per heavy atom. The number of carbonyl (C=O) groups excluding carboxylic acids is 2. The summed E-state index contributed by atoms with van der Waals surface area (Å²) >= 11 is 0. The van der Waals surface area contributed by atoms with Gasteiger partial charge in [0.05, 0.1) is 6.61 Å². The Morgan fingerprint density at radius 3 is 2.06 bits per heavy atom. The largest absolute Gasteiger partial charge is 0.494 e. The number of anilines is 1. The van der Waals surface area contributed by atoms with Crippen molar-refractivity contribution in [3.8, 4) is 5.75 Å². The number of nitrogens with zero attached hydrogens (tertiary/aromatic N) is 2. The molecule has 0 radical (unpaired) electrons. The van der Waals surface area contributed by atoms with Crippen molar-refractivity contribution in [2.45, 2.75) is 52.6 Å². The Morgan fingerprint density at radius 1 is 0.882 bits per heavy atom. The van der Waals surface area contributed by atoms with Gasteiger partial charge in [-0.25, -0.2) is 9.59 Å². The third-order valence-corrected chi connectivity index (χ3v) is 5.63. The molecule has 2 aromatic rings. The Hall–Kier alpha value is -3.22. The van der Waals surface area contributed by atoms with Crippen molar-refractivity contribution in [2.24, 2.45) is 0 Å². The highest BCUT2D eigenvalue weighted by molar-refractivity contribution is 5.89. The van der Waals surface area contributed by atoms with E-state index < -0.39 is 5.60 Å². The molecular formula is C27H37N3O4. The van der Waals surface area contributed by atoms with Crippen LogP contribution in [-0.2, 0) is 17.6 Å². The monoisotopic (exact) mass is 467 g/mol. The van der Waals surface area contributed by atoms with Gasteiger partial charge in [0.25, 0.3) is 0 Å². The number of hydrogen-bond acceptors (Lipinski definition) is 4. The van der Waals surface area contributed by atoms with E-state index in [9.17, 15) is 9.59 Å². The number of aryl methyl sites for hydroxylation is 2. The molecule has 0 aromatic heterocycles. The number of amides is 3. The second-order valence-electron chi connectivity index (χ2n) is 9.53. The van der Waals surface area contributed by atoms with Crippen molar-refractivity contribution in [3.63, 3.8) is 0 Å². The van der Waals surface area contributed by atoms with Gasteiger partial charge in [0.15, 0.2) is 0 Å². The van der Waals surface area contributed by atoms with E-state index in [1.165, 1.54) is 11.1 Å². The van der Waals surface area contributed by atoms with Gasteiger partial charge >= 0.3 is 12.1 Å². The van der Waals surface area contributed by atoms with Crippen LogP contribution in [0.1, 0.15) is 45.2 Å². The summed E-state index contributed by atoms with van der Waals surface area (Å²) in [6, 6.07) is 16.0. The van der Waals surface area contributed by atoms with Crippen molar-refractivity contribution in [3.05, 3.63) is 59.7 Å². The minimum Gasteiger partial charge on any atom is -0.494 e. The molecule has 0 aliphatic carbocycles. The van der Waals surface area contributed by atoms with Crippen molar-refractivity contribution in [1.29, 1.82) is 0 Å². The Bertz CT molecular complexity index is 928. The lowest BCUT2D eigenvalue weighted by Crippen LogP contribution is -2.52. The normalized spacial score (nSPS) is 14.0. The fourth-order valence-electron chi connectivity index (χ4n) is 3.66. The summed E-state index contributed by atoms with van der Waals surface area (Å²) in [6.45, 7) is 10.2. The van der Waals surface area contributed by atoms with Gasteiger partial charge in [0.1, 0.15) is 11.4 Å². The van der Waals surface area contributed by atoms with Gasteiger partial charge in [-0.15, -0.1) is 0 Å². The van der Waals surface area contributed by atoms with Gasteiger partial charge in [0.2, 0.25) is 0 Å². The number of urea groups is 1. The molecule has 184 valence electrons. The molecule has 0 saturated carbocycles. The second kappa shape index (κ2) is 11.8. The van der Waals surface area contributed by atoms with Crippen LogP contribution in [0.5, 0.6) is 5.75 Å². The molecule has 1 N–H and O–H groups in total. The van der Waals surface area contributed by atoms with E-state index in [-0.39, 0.29) is 12.1 Å². The SMILES string of the molecule is CCc1ccc(OCCCc2ccc(NC(=O)N3CCN(C(=O)OC(C)(C)C)CC3)cc2)cc1. The lowest BCUT2D eigenvalue weighted by molar-refractivity contribution is 0.0174. The molecule has 1 aliphatic rings. The molecular weight excluding hydrogens is 430 g/mol. The molecule has 1 fully saturated rings. The Kier molecular flexibility index (Phi) is 8.79. The highest BCUT2D eigenvalue weighted by atomic mass is 16.6. The van der Waals surface area contributed by atoms with Crippen LogP contribution >= 0.6 is 0 Å². The van der Waals surface area contributed by atoms with Gasteiger partial charge in [0, 0.05) is 31.9 Å². The van der Waals surface area contributed by atoms with E-state index in [0.717, 1.165) is 30.7 Å². The first-order chi connectivity index (χ1) is 16.2. The molecule has 1 heterocycles. The van der Waals surface area contributed by atoms with Crippen LogP contribution in [0.25, 0.3) is 0 Å². The molecule has 3 amide bonds. The molecule has 0 spiro atoms. The molecule has 1 saturated heterocycles. The molecule has 7 nitrogen and oxygen atoms in total. The van der Waals surface area contributed by atoms with Crippen LogP contribution in [0.4, 0.5) is 15.3 Å². The van der Waals surface area contributed by atoms with Gasteiger partial charge < -0.3 is 24.6 Å². The number of ether oxygens (including phenoxy) is 2. The molecule has 7 heteroatoms. The zero-order valence-corrected chi connectivity index (χ0v) is 20.8. The van der Waals surface area contributed by atoms with Gasteiger partial charge in [-0.2, -0.15) is 0 Å². The third kappa shape index (κ3) is 7.97. The minimum atomic E-state index is -0.522. The lowest BCUT2D eigenvalue weighted by Gasteiger charge is -2.35. The maximum atomic E-state index is 12.6. The van der Waals surface area contributed by atoms with Crippen LogP contribution in [0.15, 0.2) is 48.5 Å². The number of nitrogens with one attached hydrogen (secondary N) is 1. The number of rotatable bonds is 7. The lowest BCUT2D eigenvalue weighted by atomic mass is 10.1.